The van der Waals surface area contributed by atoms with Crippen molar-refractivity contribution in [3.8, 4) is 11.5 Å². The molecule has 0 atom stereocenters. The zero-order valence-electron chi connectivity index (χ0n) is 9.97. The fourth-order valence-corrected chi connectivity index (χ4v) is 1.54. The Morgan fingerprint density at radius 1 is 1.21 bits per heavy atom. The molecule has 0 spiro atoms. The van der Waals surface area contributed by atoms with E-state index >= 15 is 0 Å². The maximum atomic E-state index is 13.6. The van der Waals surface area contributed by atoms with E-state index in [1.165, 1.54) is 36.4 Å². The first-order chi connectivity index (χ1) is 9.10. The first-order valence-electron chi connectivity index (χ1n) is 5.57. The van der Waals surface area contributed by atoms with Crippen LogP contribution in [0.25, 0.3) is 0 Å². The summed E-state index contributed by atoms with van der Waals surface area (Å²) in [7, 11) is 0. The number of aliphatic hydroxyl groups is 1. The molecule has 2 aromatic rings. The Bertz CT molecular complexity index is 596. The molecule has 0 heterocycles. The summed E-state index contributed by atoms with van der Waals surface area (Å²) >= 11 is 0. The van der Waals surface area contributed by atoms with Crippen LogP contribution in [0.15, 0.2) is 42.5 Å². The molecule has 2 rings (SSSR count). The van der Waals surface area contributed by atoms with E-state index in [1.807, 2.05) is 0 Å². The number of nitrogens with two attached hydrogens (primary N) is 1. The number of rotatable bonds is 4. The summed E-state index contributed by atoms with van der Waals surface area (Å²) in [6.45, 7) is -0.232. The van der Waals surface area contributed by atoms with Gasteiger partial charge in [0.25, 0.3) is 0 Å². The van der Waals surface area contributed by atoms with E-state index in [0.29, 0.717) is 16.9 Å². The van der Waals surface area contributed by atoms with E-state index in [-0.39, 0.29) is 12.4 Å². The molecule has 0 fully saturated rings. The number of carbonyl (C=O) groups is 1. The van der Waals surface area contributed by atoms with E-state index in [9.17, 15) is 9.18 Å². The number of benzene rings is 2. The molecule has 0 unspecified atom stereocenters. The monoisotopic (exact) mass is 261 g/mol. The average molecular weight is 261 g/mol. The topological polar surface area (TPSA) is 72.6 Å². The molecule has 3 N–H and O–H groups in total. The van der Waals surface area contributed by atoms with E-state index in [1.54, 1.807) is 6.07 Å². The van der Waals surface area contributed by atoms with Crippen LogP contribution in [0.4, 0.5) is 4.39 Å². The summed E-state index contributed by atoms with van der Waals surface area (Å²) in [5.74, 6) is -0.666. The van der Waals surface area contributed by atoms with Crippen LogP contribution < -0.4 is 10.5 Å². The number of halogens is 1. The van der Waals surface area contributed by atoms with E-state index in [4.69, 9.17) is 15.6 Å². The van der Waals surface area contributed by atoms with Gasteiger partial charge in [-0.15, -0.1) is 0 Å². The SMILES string of the molecule is NC(=O)c1ccc(Oc2ccc(CO)cc2F)cc1. The minimum absolute atomic E-state index is 0.0454. The zero-order valence-corrected chi connectivity index (χ0v) is 9.97. The second-order valence-electron chi connectivity index (χ2n) is 3.91. The highest BCUT2D eigenvalue weighted by molar-refractivity contribution is 5.92. The van der Waals surface area contributed by atoms with Crippen molar-refractivity contribution in [3.63, 3.8) is 0 Å². The second-order valence-corrected chi connectivity index (χ2v) is 3.91. The van der Waals surface area contributed by atoms with Crippen molar-refractivity contribution >= 4 is 5.91 Å². The minimum Gasteiger partial charge on any atom is -0.454 e. The first kappa shape index (κ1) is 13.0. The van der Waals surface area contributed by atoms with Gasteiger partial charge in [-0.25, -0.2) is 4.39 Å². The number of hydrogen-bond donors (Lipinski definition) is 2. The smallest absolute Gasteiger partial charge is 0.248 e. The number of primary amides is 1. The largest absolute Gasteiger partial charge is 0.454 e. The lowest BCUT2D eigenvalue weighted by Crippen LogP contribution is -2.10. The van der Waals surface area contributed by atoms with Crippen LogP contribution in [0.1, 0.15) is 15.9 Å². The van der Waals surface area contributed by atoms with E-state index in [0.717, 1.165) is 0 Å². The van der Waals surface area contributed by atoms with Crippen LogP contribution >= 0.6 is 0 Å². The molecule has 2 aromatic carbocycles. The Kier molecular flexibility index (Phi) is 3.77. The Labute approximate surface area is 109 Å². The van der Waals surface area contributed by atoms with Crippen molar-refractivity contribution in [2.45, 2.75) is 6.61 Å². The van der Waals surface area contributed by atoms with Gasteiger partial charge in [-0.05, 0) is 42.0 Å². The summed E-state index contributed by atoms with van der Waals surface area (Å²) in [5, 5.41) is 8.87. The molecule has 0 aliphatic heterocycles. The lowest BCUT2D eigenvalue weighted by molar-refractivity contribution is 0.100. The first-order valence-corrected chi connectivity index (χ1v) is 5.57. The molecule has 0 saturated heterocycles. The summed E-state index contributed by atoms with van der Waals surface area (Å²) < 4.78 is 19.0. The van der Waals surface area contributed by atoms with Gasteiger partial charge in [0.15, 0.2) is 11.6 Å². The van der Waals surface area contributed by atoms with Crippen LogP contribution in [0.5, 0.6) is 11.5 Å². The van der Waals surface area contributed by atoms with Gasteiger partial charge in [-0.2, -0.15) is 0 Å². The molecule has 0 saturated carbocycles. The molecule has 19 heavy (non-hydrogen) atoms. The molecule has 0 aromatic heterocycles. The van der Waals surface area contributed by atoms with Crippen LogP contribution in [-0.2, 0) is 6.61 Å². The molecule has 0 bridgehead atoms. The molecule has 1 amide bonds. The van der Waals surface area contributed by atoms with Crippen LogP contribution in [0, 0.1) is 5.82 Å². The molecule has 98 valence electrons. The van der Waals surface area contributed by atoms with Crippen LogP contribution in [0.2, 0.25) is 0 Å². The fraction of sp³-hybridized carbons (Fsp3) is 0.0714. The highest BCUT2D eigenvalue weighted by Crippen LogP contribution is 2.25. The molecule has 4 nitrogen and oxygen atoms in total. The van der Waals surface area contributed by atoms with Crippen molar-refractivity contribution < 1.29 is 19.0 Å². The zero-order chi connectivity index (χ0) is 13.8. The van der Waals surface area contributed by atoms with Gasteiger partial charge in [0.1, 0.15) is 5.75 Å². The van der Waals surface area contributed by atoms with Crippen molar-refractivity contribution in [2.75, 3.05) is 0 Å². The van der Waals surface area contributed by atoms with Gasteiger partial charge in [0.2, 0.25) is 5.91 Å². The lowest BCUT2D eigenvalue weighted by Gasteiger charge is -2.08. The fourth-order valence-electron chi connectivity index (χ4n) is 1.54. The third-order valence-corrected chi connectivity index (χ3v) is 2.55. The molecule has 0 aliphatic carbocycles. The van der Waals surface area contributed by atoms with E-state index < -0.39 is 11.7 Å². The Morgan fingerprint density at radius 3 is 2.42 bits per heavy atom. The van der Waals surface area contributed by atoms with Gasteiger partial charge in [0, 0.05) is 5.56 Å². The van der Waals surface area contributed by atoms with Gasteiger partial charge in [-0.3, -0.25) is 4.79 Å². The Balaban J connectivity index is 2.19. The maximum absolute atomic E-state index is 13.6. The number of amides is 1. The van der Waals surface area contributed by atoms with E-state index in [2.05, 4.69) is 0 Å². The summed E-state index contributed by atoms with van der Waals surface area (Å²) in [5.41, 5.74) is 5.93. The molecular weight excluding hydrogens is 249 g/mol. The van der Waals surface area contributed by atoms with Crippen LogP contribution in [0.3, 0.4) is 0 Å². The lowest BCUT2D eigenvalue weighted by atomic mass is 10.2. The van der Waals surface area contributed by atoms with Crippen LogP contribution in [-0.4, -0.2) is 11.0 Å². The average Bonchev–Trinajstić information content (AvgIpc) is 2.41. The Morgan fingerprint density at radius 2 is 1.89 bits per heavy atom. The molecular formula is C14H12FNO3. The van der Waals surface area contributed by atoms with Crippen molar-refractivity contribution in [1.29, 1.82) is 0 Å². The summed E-state index contributed by atoms with van der Waals surface area (Å²) in [6.07, 6.45) is 0. The molecule has 5 heteroatoms. The third-order valence-electron chi connectivity index (χ3n) is 2.55. The normalized spacial score (nSPS) is 10.2. The molecule has 0 radical (unpaired) electrons. The standard InChI is InChI=1S/C14H12FNO3/c15-12-7-9(8-17)1-6-13(12)19-11-4-2-10(3-5-11)14(16)18/h1-7,17H,8H2,(H2,16,18). The maximum Gasteiger partial charge on any atom is 0.248 e. The minimum atomic E-state index is -0.564. The predicted octanol–water partition coefficient (Wildman–Crippen LogP) is 2.21. The highest BCUT2D eigenvalue weighted by Gasteiger charge is 2.06. The number of ether oxygens (including phenoxy) is 1. The van der Waals surface area contributed by atoms with Crippen molar-refractivity contribution in [2.24, 2.45) is 5.73 Å². The highest BCUT2D eigenvalue weighted by atomic mass is 19.1. The summed E-state index contributed by atoms with van der Waals surface area (Å²) in [4.78, 5) is 10.9. The number of carbonyl (C=O) groups excluding carboxylic acids is 1. The van der Waals surface area contributed by atoms with Crippen molar-refractivity contribution in [3.05, 3.63) is 59.4 Å². The van der Waals surface area contributed by atoms with Gasteiger partial charge < -0.3 is 15.6 Å². The van der Waals surface area contributed by atoms with Gasteiger partial charge in [0.05, 0.1) is 6.61 Å². The van der Waals surface area contributed by atoms with Gasteiger partial charge >= 0.3 is 0 Å². The van der Waals surface area contributed by atoms with Gasteiger partial charge in [-0.1, -0.05) is 6.07 Å². The number of hydrogen-bond acceptors (Lipinski definition) is 3. The number of aliphatic hydroxyl groups excluding tert-OH is 1. The third kappa shape index (κ3) is 3.08. The Hall–Kier alpha value is -2.40. The second kappa shape index (κ2) is 5.49. The van der Waals surface area contributed by atoms with Crippen molar-refractivity contribution in [1.82, 2.24) is 0 Å². The summed E-state index contributed by atoms with van der Waals surface area (Å²) in [6, 6.07) is 10.3. The quantitative estimate of drug-likeness (QED) is 0.886. The molecule has 0 aliphatic rings. The predicted molar refractivity (Wildman–Crippen MR) is 67.4 cm³/mol.